The summed E-state index contributed by atoms with van der Waals surface area (Å²) in [5.74, 6) is -0.401. The first kappa shape index (κ1) is 15.3. The molecule has 0 unspecified atom stereocenters. The Balaban J connectivity index is 2.81. The van der Waals surface area contributed by atoms with E-state index in [0.717, 1.165) is 11.6 Å². The van der Waals surface area contributed by atoms with Crippen LogP contribution in [0.1, 0.15) is 18.9 Å². The van der Waals surface area contributed by atoms with E-state index in [-0.39, 0.29) is 28.7 Å². The van der Waals surface area contributed by atoms with Gasteiger partial charge in [0, 0.05) is 11.8 Å². The highest BCUT2D eigenvalue weighted by Gasteiger charge is 2.17. The first-order chi connectivity index (χ1) is 9.72. The molecule has 0 fully saturated rings. The lowest BCUT2D eigenvalue weighted by atomic mass is 10.0. The van der Waals surface area contributed by atoms with E-state index in [9.17, 15) is 22.9 Å². The number of hydrogen-bond acceptors (Lipinski definition) is 4. The van der Waals surface area contributed by atoms with Gasteiger partial charge in [-0.2, -0.15) is 8.42 Å². The molecule has 2 aromatic rings. The number of anilines is 1. The Morgan fingerprint density at radius 3 is 2.48 bits per heavy atom. The Labute approximate surface area is 122 Å². The third-order valence-electron chi connectivity index (χ3n) is 3.04. The van der Waals surface area contributed by atoms with Gasteiger partial charge in [0.05, 0.1) is 10.6 Å². The number of carbonyl (C=O) groups is 1. The maximum Gasteiger partial charge on any atom is 0.294 e. The van der Waals surface area contributed by atoms with Crippen LogP contribution in [0.3, 0.4) is 0 Å². The molecule has 0 aromatic heterocycles. The van der Waals surface area contributed by atoms with Crippen molar-refractivity contribution in [2.24, 2.45) is 0 Å². The highest BCUT2D eigenvalue weighted by Crippen LogP contribution is 2.35. The lowest BCUT2D eigenvalue weighted by Crippen LogP contribution is -2.11. The number of phenols is 1. The van der Waals surface area contributed by atoms with Crippen LogP contribution in [0.15, 0.2) is 29.2 Å². The first-order valence-corrected chi connectivity index (χ1v) is 7.71. The molecule has 0 aliphatic rings. The SMILES string of the molecule is CCC(=O)Nc1cc(S(=O)(=O)O)cc2cc(C)cc(O)c12. The smallest absolute Gasteiger partial charge is 0.294 e. The Bertz CT molecular complexity index is 827. The Kier molecular flexibility index (Phi) is 3.89. The number of aryl methyl sites for hydroxylation is 1. The Hall–Kier alpha value is -2.12. The lowest BCUT2D eigenvalue weighted by Gasteiger charge is -2.12. The molecule has 0 bridgehead atoms. The van der Waals surface area contributed by atoms with Crippen LogP contribution in [0.2, 0.25) is 0 Å². The van der Waals surface area contributed by atoms with Crippen molar-refractivity contribution in [3.63, 3.8) is 0 Å². The summed E-state index contributed by atoms with van der Waals surface area (Å²) in [6.45, 7) is 3.39. The fourth-order valence-corrected chi connectivity index (χ4v) is 2.64. The second-order valence-corrected chi connectivity index (χ2v) is 6.15. The molecule has 0 aliphatic heterocycles. The molecule has 21 heavy (non-hydrogen) atoms. The van der Waals surface area contributed by atoms with E-state index in [2.05, 4.69) is 5.32 Å². The summed E-state index contributed by atoms with van der Waals surface area (Å²) in [4.78, 5) is 11.2. The fourth-order valence-electron chi connectivity index (χ4n) is 2.10. The molecular weight excluding hydrogens is 294 g/mol. The molecule has 112 valence electrons. The minimum absolute atomic E-state index is 0.0710. The predicted octanol–water partition coefficient (Wildman–Crippen LogP) is 2.45. The van der Waals surface area contributed by atoms with Crippen LogP contribution in [0.5, 0.6) is 5.75 Å². The summed E-state index contributed by atoms with van der Waals surface area (Å²) in [7, 11) is -4.42. The van der Waals surface area contributed by atoms with E-state index >= 15 is 0 Å². The molecule has 2 rings (SSSR count). The van der Waals surface area contributed by atoms with E-state index in [4.69, 9.17) is 0 Å². The number of amides is 1. The standard InChI is InChI=1S/C14H15NO5S/c1-3-13(17)15-11-7-10(21(18,19)20)6-9-4-8(2)5-12(16)14(9)11/h4-7,16H,3H2,1-2H3,(H,15,17)(H,18,19,20). The molecular formula is C14H15NO5S. The maximum absolute atomic E-state index is 11.6. The Morgan fingerprint density at radius 2 is 1.90 bits per heavy atom. The van der Waals surface area contributed by atoms with Gasteiger partial charge in [-0.05, 0) is 36.1 Å². The summed E-state index contributed by atoms with van der Waals surface area (Å²) in [5.41, 5.74) is 0.865. The van der Waals surface area contributed by atoms with Crippen LogP contribution < -0.4 is 5.32 Å². The zero-order valence-corrected chi connectivity index (χ0v) is 12.4. The topological polar surface area (TPSA) is 104 Å². The molecule has 3 N–H and O–H groups in total. The van der Waals surface area contributed by atoms with E-state index in [1.54, 1.807) is 19.9 Å². The zero-order chi connectivity index (χ0) is 15.8. The molecule has 0 atom stereocenters. The van der Waals surface area contributed by atoms with Crippen molar-refractivity contribution < 1.29 is 22.9 Å². The number of rotatable bonds is 3. The van der Waals surface area contributed by atoms with Crippen LogP contribution in [0.25, 0.3) is 10.8 Å². The van der Waals surface area contributed by atoms with Crippen molar-refractivity contribution in [1.82, 2.24) is 0 Å². The van der Waals surface area contributed by atoms with Crippen LogP contribution in [0.4, 0.5) is 5.69 Å². The number of nitrogens with one attached hydrogen (secondary N) is 1. The lowest BCUT2D eigenvalue weighted by molar-refractivity contribution is -0.115. The average molecular weight is 309 g/mol. The Morgan fingerprint density at radius 1 is 1.24 bits per heavy atom. The highest BCUT2D eigenvalue weighted by atomic mass is 32.2. The summed E-state index contributed by atoms with van der Waals surface area (Å²) < 4.78 is 31.9. The maximum atomic E-state index is 11.6. The number of carbonyl (C=O) groups excluding carboxylic acids is 1. The predicted molar refractivity (Wildman–Crippen MR) is 79.1 cm³/mol. The van der Waals surface area contributed by atoms with Crippen LogP contribution in [-0.2, 0) is 14.9 Å². The number of hydrogen-bond donors (Lipinski definition) is 3. The van der Waals surface area contributed by atoms with Crippen LogP contribution >= 0.6 is 0 Å². The van der Waals surface area contributed by atoms with Gasteiger partial charge in [0.1, 0.15) is 5.75 Å². The van der Waals surface area contributed by atoms with Crippen molar-refractivity contribution in [1.29, 1.82) is 0 Å². The van der Waals surface area contributed by atoms with Crippen molar-refractivity contribution >= 4 is 32.5 Å². The largest absolute Gasteiger partial charge is 0.507 e. The molecule has 2 aromatic carbocycles. The van der Waals surface area contributed by atoms with Gasteiger partial charge in [-0.3, -0.25) is 9.35 Å². The van der Waals surface area contributed by atoms with Gasteiger partial charge in [-0.1, -0.05) is 13.0 Å². The normalized spacial score (nSPS) is 11.6. The molecule has 7 heteroatoms. The third-order valence-corrected chi connectivity index (χ3v) is 3.87. The van der Waals surface area contributed by atoms with Gasteiger partial charge in [-0.25, -0.2) is 0 Å². The second kappa shape index (κ2) is 5.34. The van der Waals surface area contributed by atoms with Gasteiger partial charge in [0.2, 0.25) is 5.91 Å². The van der Waals surface area contributed by atoms with Crippen molar-refractivity contribution in [3.05, 3.63) is 29.8 Å². The number of aromatic hydroxyl groups is 1. The summed E-state index contributed by atoms with van der Waals surface area (Å²) in [6.07, 6.45) is 0.199. The van der Waals surface area contributed by atoms with E-state index in [0.29, 0.717) is 10.8 Å². The fraction of sp³-hybridized carbons (Fsp3) is 0.214. The van der Waals surface area contributed by atoms with Gasteiger partial charge >= 0.3 is 0 Å². The summed E-state index contributed by atoms with van der Waals surface area (Å²) in [5, 5.41) is 13.3. The van der Waals surface area contributed by atoms with Gasteiger partial charge < -0.3 is 10.4 Å². The quantitative estimate of drug-likeness (QED) is 0.756. The molecule has 0 spiro atoms. The minimum atomic E-state index is -4.42. The van der Waals surface area contributed by atoms with Crippen molar-refractivity contribution in [3.8, 4) is 5.75 Å². The van der Waals surface area contributed by atoms with Gasteiger partial charge in [0.25, 0.3) is 10.1 Å². The zero-order valence-electron chi connectivity index (χ0n) is 11.5. The van der Waals surface area contributed by atoms with E-state index in [1.807, 2.05) is 0 Å². The van der Waals surface area contributed by atoms with Crippen molar-refractivity contribution in [2.75, 3.05) is 5.32 Å². The number of fused-ring (bicyclic) bond motifs is 1. The highest BCUT2D eigenvalue weighted by molar-refractivity contribution is 7.85. The summed E-state index contributed by atoms with van der Waals surface area (Å²) >= 11 is 0. The third kappa shape index (κ3) is 3.14. The van der Waals surface area contributed by atoms with Gasteiger partial charge in [0.15, 0.2) is 0 Å². The van der Waals surface area contributed by atoms with Crippen LogP contribution in [-0.4, -0.2) is 24.0 Å². The molecule has 0 aliphatic carbocycles. The van der Waals surface area contributed by atoms with Gasteiger partial charge in [-0.15, -0.1) is 0 Å². The second-order valence-electron chi connectivity index (χ2n) is 4.73. The molecule has 1 amide bonds. The first-order valence-electron chi connectivity index (χ1n) is 6.27. The molecule has 0 saturated heterocycles. The van der Waals surface area contributed by atoms with Crippen LogP contribution in [0, 0.1) is 6.92 Å². The van der Waals surface area contributed by atoms with Crippen molar-refractivity contribution in [2.45, 2.75) is 25.2 Å². The van der Waals surface area contributed by atoms with E-state index in [1.165, 1.54) is 12.1 Å². The monoisotopic (exact) mass is 309 g/mol. The van der Waals surface area contributed by atoms with E-state index < -0.39 is 10.1 Å². The molecule has 0 saturated carbocycles. The average Bonchev–Trinajstić information content (AvgIpc) is 2.36. The number of phenolic OH excluding ortho intramolecular Hbond substituents is 1. The number of benzene rings is 2. The molecule has 0 radical (unpaired) electrons. The molecule has 6 nitrogen and oxygen atoms in total. The summed E-state index contributed by atoms with van der Waals surface area (Å²) in [6, 6.07) is 5.54. The minimum Gasteiger partial charge on any atom is -0.507 e. The molecule has 0 heterocycles.